The van der Waals surface area contributed by atoms with E-state index >= 15 is 0 Å². The minimum atomic E-state index is -3.55. The molecular formula is C19H20ClN3O3S. The molecule has 0 bridgehead atoms. The number of nitrogens with zero attached hydrogens (tertiary/aromatic N) is 2. The molecule has 142 valence electrons. The second-order valence-corrected chi connectivity index (χ2v) is 8.29. The van der Waals surface area contributed by atoms with Crippen LogP contribution in [0.5, 0.6) is 5.75 Å². The van der Waals surface area contributed by atoms with Crippen LogP contribution in [0.25, 0.3) is 22.1 Å². The summed E-state index contributed by atoms with van der Waals surface area (Å²) in [4.78, 5) is 7.68. The van der Waals surface area contributed by atoms with Crippen LogP contribution in [-0.4, -0.2) is 40.9 Å². The van der Waals surface area contributed by atoms with E-state index in [1.807, 2.05) is 0 Å². The molecule has 2 aromatic carbocycles. The molecular weight excluding hydrogens is 386 g/mol. The maximum Gasteiger partial charge on any atom is 0.243 e. The van der Waals surface area contributed by atoms with E-state index < -0.39 is 10.0 Å². The van der Waals surface area contributed by atoms with Crippen LogP contribution in [0, 0.1) is 0 Å². The van der Waals surface area contributed by atoms with Crippen LogP contribution >= 0.6 is 11.6 Å². The maximum absolute atomic E-state index is 12.7. The number of imidazole rings is 1. The predicted molar refractivity (Wildman–Crippen MR) is 108 cm³/mol. The average molecular weight is 406 g/mol. The number of sulfonamides is 1. The van der Waals surface area contributed by atoms with Crippen molar-refractivity contribution in [2.45, 2.75) is 18.7 Å². The summed E-state index contributed by atoms with van der Waals surface area (Å²) in [6.45, 7) is 4.42. The zero-order valence-corrected chi connectivity index (χ0v) is 16.5. The first-order chi connectivity index (χ1) is 12.8. The number of nitrogens with one attached hydrogen (secondary N) is 1. The van der Waals surface area contributed by atoms with E-state index in [1.54, 1.807) is 62.4 Å². The fourth-order valence-electron chi connectivity index (χ4n) is 2.80. The van der Waals surface area contributed by atoms with Gasteiger partial charge in [0.2, 0.25) is 10.0 Å². The van der Waals surface area contributed by atoms with E-state index in [-0.39, 0.29) is 10.6 Å². The summed E-state index contributed by atoms with van der Waals surface area (Å²) in [5.41, 5.74) is 1.93. The second-order valence-electron chi connectivity index (χ2n) is 5.94. The van der Waals surface area contributed by atoms with Crippen molar-refractivity contribution in [3.05, 3.63) is 53.9 Å². The molecule has 0 saturated heterocycles. The monoisotopic (exact) mass is 405 g/mol. The Kier molecular flexibility index (Phi) is 5.55. The Morgan fingerprint density at radius 1 is 1.22 bits per heavy atom. The first-order valence-corrected chi connectivity index (χ1v) is 10.3. The molecule has 0 spiro atoms. The Bertz CT molecular complexity index is 1100. The molecule has 0 aliphatic carbocycles. The zero-order valence-electron chi connectivity index (χ0n) is 15.0. The number of rotatable bonds is 6. The highest BCUT2D eigenvalue weighted by molar-refractivity contribution is 7.89. The van der Waals surface area contributed by atoms with E-state index in [2.05, 4.69) is 9.97 Å². The van der Waals surface area contributed by atoms with Gasteiger partial charge in [-0.25, -0.2) is 13.4 Å². The first-order valence-electron chi connectivity index (χ1n) is 8.51. The molecule has 0 amide bonds. The Hall–Kier alpha value is -2.35. The van der Waals surface area contributed by atoms with Gasteiger partial charge in [0.05, 0.1) is 21.0 Å². The van der Waals surface area contributed by atoms with Gasteiger partial charge < -0.3 is 10.1 Å². The highest BCUT2D eigenvalue weighted by Crippen LogP contribution is 2.26. The van der Waals surface area contributed by atoms with Crippen molar-refractivity contribution in [2.24, 2.45) is 0 Å². The van der Waals surface area contributed by atoms with Crippen molar-refractivity contribution in [2.75, 3.05) is 13.1 Å². The largest absolute Gasteiger partial charge is 0.508 e. The third-order valence-corrected chi connectivity index (χ3v) is 6.52. The Morgan fingerprint density at radius 2 is 1.96 bits per heavy atom. The van der Waals surface area contributed by atoms with Crippen LogP contribution in [0.15, 0.2) is 47.4 Å². The third-order valence-electron chi connectivity index (χ3n) is 4.19. The summed E-state index contributed by atoms with van der Waals surface area (Å²) in [6.07, 6.45) is 1.67. The van der Waals surface area contributed by atoms with Gasteiger partial charge in [0, 0.05) is 13.1 Å². The molecule has 3 rings (SSSR count). The number of aromatic nitrogens is 2. The van der Waals surface area contributed by atoms with E-state index in [0.717, 1.165) is 5.56 Å². The van der Waals surface area contributed by atoms with Gasteiger partial charge in [-0.3, -0.25) is 0 Å². The van der Waals surface area contributed by atoms with Gasteiger partial charge in [0.15, 0.2) is 0 Å². The summed E-state index contributed by atoms with van der Waals surface area (Å²) in [5.74, 6) is 0.566. The van der Waals surface area contributed by atoms with Crippen LogP contribution in [0.1, 0.15) is 25.2 Å². The highest BCUT2D eigenvalue weighted by Gasteiger charge is 2.22. The molecule has 1 heterocycles. The lowest BCUT2D eigenvalue weighted by Crippen LogP contribution is -2.30. The lowest BCUT2D eigenvalue weighted by molar-refractivity contribution is 0.445. The first kappa shape index (κ1) is 19.4. The number of aromatic hydroxyl groups is 1. The van der Waals surface area contributed by atoms with Gasteiger partial charge >= 0.3 is 0 Å². The lowest BCUT2D eigenvalue weighted by Gasteiger charge is -2.18. The number of hydrogen-bond acceptors (Lipinski definition) is 4. The van der Waals surface area contributed by atoms with E-state index in [1.165, 1.54) is 4.31 Å². The van der Waals surface area contributed by atoms with Gasteiger partial charge in [-0.2, -0.15) is 4.31 Å². The fourth-order valence-corrected chi connectivity index (χ4v) is 4.50. The number of fused-ring (bicyclic) bond motifs is 1. The molecule has 6 nitrogen and oxygen atoms in total. The number of phenolic OH excluding ortho intramolecular Hbond substituents is 1. The van der Waals surface area contributed by atoms with Crippen molar-refractivity contribution in [1.29, 1.82) is 0 Å². The van der Waals surface area contributed by atoms with Crippen LogP contribution < -0.4 is 0 Å². The fraction of sp³-hybridized carbons (Fsp3) is 0.211. The SMILES string of the molecule is CCN(CC)S(=O)(=O)c1ccc2nc(C(Cl)=Cc3cccc(O)c3)[nH]c2c1. The molecule has 0 atom stereocenters. The number of hydrogen-bond donors (Lipinski definition) is 2. The Balaban J connectivity index is 1.99. The summed E-state index contributed by atoms with van der Waals surface area (Å²) in [5, 5.41) is 9.90. The topological polar surface area (TPSA) is 86.3 Å². The van der Waals surface area contributed by atoms with Crippen molar-refractivity contribution in [3.8, 4) is 5.75 Å². The normalized spacial score (nSPS) is 12.8. The van der Waals surface area contributed by atoms with E-state index in [4.69, 9.17) is 11.6 Å². The van der Waals surface area contributed by atoms with Gasteiger partial charge in [0.1, 0.15) is 11.6 Å². The van der Waals surface area contributed by atoms with Crippen molar-refractivity contribution >= 4 is 43.8 Å². The van der Waals surface area contributed by atoms with Gasteiger partial charge in [0.25, 0.3) is 0 Å². The van der Waals surface area contributed by atoms with Crippen LogP contribution in [0.3, 0.4) is 0 Å². The molecule has 1 aromatic heterocycles. The highest BCUT2D eigenvalue weighted by atomic mass is 35.5. The molecule has 0 aliphatic heterocycles. The van der Waals surface area contributed by atoms with Gasteiger partial charge in [-0.15, -0.1) is 0 Å². The number of phenols is 1. The molecule has 0 saturated carbocycles. The van der Waals surface area contributed by atoms with Gasteiger partial charge in [-0.1, -0.05) is 37.6 Å². The molecule has 8 heteroatoms. The Morgan fingerprint density at radius 3 is 2.63 bits per heavy atom. The minimum absolute atomic E-state index is 0.143. The number of halogens is 1. The summed E-state index contributed by atoms with van der Waals surface area (Å²) in [7, 11) is -3.55. The molecule has 0 unspecified atom stereocenters. The standard InChI is InChI=1S/C19H20ClN3O3S/c1-3-23(4-2)27(25,26)15-8-9-17-18(12-15)22-19(21-17)16(20)11-13-6-5-7-14(24)10-13/h5-12,24H,3-4H2,1-2H3,(H,21,22). The van der Waals surface area contributed by atoms with E-state index in [0.29, 0.717) is 35.0 Å². The van der Waals surface area contributed by atoms with Crippen LogP contribution in [0.4, 0.5) is 0 Å². The lowest BCUT2D eigenvalue weighted by atomic mass is 10.2. The average Bonchev–Trinajstić information content (AvgIpc) is 3.06. The van der Waals surface area contributed by atoms with Gasteiger partial charge in [-0.05, 0) is 42.0 Å². The number of aromatic amines is 1. The van der Waals surface area contributed by atoms with Crippen LogP contribution in [0.2, 0.25) is 0 Å². The molecule has 2 N–H and O–H groups in total. The quantitative estimate of drug-likeness (QED) is 0.648. The molecule has 0 aliphatic rings. The van der Waals surface area contributed by atoms with Crippen molar-refractivity contribution in [3.63, 3.8) is 0 Å². The zero-order chi connectivity index (χ0) is 19.6. The summed E-state index contributed by atoms with van der Waals surface area (Å²) < 4.78 is 26.8. The molecule has 0 radical (unpaired) electrons. The Labute approximate surface area is 163 Å². The summed E-state index contributed by atoms with van der Waals surface area (Å²) in [6, 6.07) is 11.5. The molecule has 27 heavy (non-hydrogen) atoms. The van der Waals surface area contributed by atoms with Crippen LogP contribution in [-0.2, 0) is 10.0 Å². The van der Waals surface area contributed by atoms with E-state index in [9.17, 15) is 13.5 Å². The van der Waals surface area contributed by atoms with Crippen molar-refractivity contribution < 1.29 is 13.5 Å². The molecule has 0 fully saturated rings. The second kappa shape index (κ2) is 7.72. The summed E-state index contributed by atoms with van der Waals surface area (Å²) >= 11 is 6.35. The number of H-pyrrole nitrogens is 1. The third kappa shape index (κ3) is 4.00. The number of benzene rings is 2. The predicted octanol–water partition coefficient (Wildman–Crippen LogP) is 4.04. The maximum atomic E-state index is 12.7. The minimum Gasteiger partial charge on any atom is -0.508 e. The molecule has 3 aromatic rings. The smallest absolute Gasteiger partial charge is 0.243 e. The van der Waals surface area contributed by atoms with Crippen molar-refractivity contribution in [1.82, 2.24) is 14.3 Å².